The van der Waals surface area contributed by atoms with Crippen LogP contribution in [0.2, 0.25) is 5.02 Å². The number of nitrogens with one attached hydrogen (secondary N) is 1. The summed E-state index contributed by atoms with van der Waals surface area (Å²) in [7, 11) is 0. The highest BCUT2D eigenvalue weighted by molar-refractivity contribution is 9.10. The number of azide groups is 1. The van der Waals surface area contributed by atoms with E-state index in [4.69, 9.17) is 22.9 Å². The van der Waals surface area contributed by atoms with Crippen LogP contribution in [-0.2, 0) is 4.79 Å². The Morgan fingerprint density at radius 1 is 1.67 bits per heavy atom. The molecule has 0 radical (unpaired) electrons. The van der Waals surface area contributed by atoms with Crippen molar-refractivity contribution < 1.29 is 4.79 Å². The summed E-state index contributed by atoms with van der Waals surface area (Å²) in [5, 5.41) is 6.76. The minimum absolute atomic E-state index is 0.241. The van der Waals surface area contributed by atoms with Crippen molar-refractivity contribution in [2.75, 3.05) is 13.1 Å². The first-order chi connectivity index (χ1) is 8.56. The number of carbonyl (C=O) groups is 1. The highest BCUT2D eigenvalue weighted by atomic mass is 79.9. The van der Waals surface area contributed by atoms with Crippen LogP contribution >= 0.6 is 27.5 Å². The van der Waals surface area contributed by atoms with Crippen LogP contribution < -0.4 is 11.1 Å². The summed E-state index contributed by atoms with van der Waals surface area (Å²) in [4.78, 5) is 14.0. The molecular weight excluding hydrogens is 322 g/mol. The molecule has 0 fully saturated rings. The van der Waals surface area contributed by atoms with Crippen LogP contribution in [0.15, 0.2) is 27.8 Å². The van der Waals surface area contributed by atoms with E-state index >= 15 is 0 Å². The smallest absolute Gasteiger partial charge is 0.239 e. The molecule has 0 saturated carbocycles. The fraction of sp³-hybridized carbons (Fsp3) is 0.300. The Morgan fingerprint density at radius 2 is 2.39 bits per heavy atom. The van der Waals surface area contributed by atoms with Gasteiger partial charge in [0.05, 0.1) is 5.02 Å². The van der Waals surface area contributed by atoms with Crippen LogP contribution in [0.4, 0.5) is 0 Å². The maximum atomic E-state index is 11.4. The summed E-state index contributed by atoms with van der Waals surface area (Å²) in [6.07, 6.45) is 0. The van der Waals surface area contributed by atoms with Crippen molar-refractivity contribution in [3.05, 3.63) is 43.7 Å². The molecule has 96 valence electrons. The Labute approximate surface area is 117 Å². The van der Waals surface area contributed by atoms with Crippen molar-refractivity contribution in [3.63, 3.8) is 0 Å². The van der Waals surface area contributed by atoms with Gasteiger partial charge in [0.25, 0.3) is 0 Å². The first-order valence-electron chi connectivity index (χ1n) is 5.04. The Hall–Kier alpha value is -1.27. The molecule has 8 heteroatoms. The predicted molar refractivity (Wildman–Crippen MR) is 73.1 cm³/mol. The Balaban J connectivity index is 2.80. The van der Waals surface area contributed by atoms with E-state index in [9.17, 15) is 4.79 Å². The number of rotatable bonds is 6. The maximum absolute atomic E-state index is 11.4. The molecule has 18 heavy (non-hydrogen) atoms. The van der Waals surface area contributed by atoms with Crippen molar-refractivity contribution >= 4 is 33.4 Å². The molecule has 0 bridgehead atoms. The Bertz CT molecular complexity index is 489. The zero-order chi connectivity index (χ0) is 13.5. The number of hydrogen-bond donors (Lipinski definition) is 2. The second kappa shape index (κ2) is 7.23. The Morgan fingerprint density at radius 3 is 2.94 bits per heavy atom. The van der Waals surface area contributed by atoms with Crippen LogP contribution in [0.1, 0.15) is 11.6 Å². The van der Waals surface area contributed by atoms with Crippen molar-refractivity contribution in [2.24, 2.45) is 10.8 Å². The normalized spacial score (nSPS) is 11.7. The summed E-state index contributed by atoms with van der Waals surface area (Å²) in [6.45, 7) is 0.593. The monoisotopic (exact) mass is 331 g/mol. The molecule has 0 spiro atoms. The fourth-order valence-corrected chi connectivity index (χ4v) is 1.81. The summed E-state index contributed by atoms with van der Waals surface area (Å²) in [5.41, 5.74) is 14.1. The molecule has 3 N–H and O–H groups in total. The van der Waals surface area contributed by atoms with E-state index in [1.54, 1.807) is 18.2 Å². The van der Waals surface area contributed by atoms with Crippen LogP contribution in [0.3, 0.4) is 0 Å². The topological polar surface area (TPSA) is 104 Å². The molecule has 1 amide bonds. The number of primary amides is 1. The lowest BCUT2D eigenvalue weighted by molar-refractivity contribution is -0.120. The number of benzene rings is 1. The molecule has 0 heterocycles. The second-order valence-corrected chi connectivity index (χ2v) is 4.68. The largest absolute Gasteiger partial charge is 0.368 e. The van der Waals surface area contributed by atoms with Crippen LogP contribution in [-0.4, -0.2) is 19.0 Å². The van der Waals surface area contributed by atoms with E-state index in [-0.39, 0.29) is 6.54 Å². The lowest BCUT2D eigenvalue weighted by atomic mass is 10.1. The zero-order valence-electron chi connectivity index (χ0n) is 9.31. The molecule has 0 aliphatic carbocycles. The number of halogens is 2. The van der Waals surface area contributed by atoms with Gasteiger partial charge in [-0.1, -0.05) is 22.8 Å². The fourth-order valence-electron chi connectivity index (χ4n) is 1.38. The minimum Gasteiger partial charge on any atom is -0.368 e. The lowest BCUT2D eigenvalue weighted by Gasteiger charge is -2.15. The molecule has 1 aromatic carbocycles. The molecule has 1 aromatic rings. The predicted octanol–water partition coefficient (Wildman–Crippen LogP) is 2.53. The van der Waals surface area contributed by atoms with Crippen molar-refractivity contribution in [2.45, 2.75) is 6.04 Å². The SMILES string of the molecule is [N-]=[N+]=NCCNC(C(N)=O)c1ccc(Br)c(Cl)c1. The number of nitrogens with zero attached hydrogens (tertiary/aromatic N) is 3. The number of hydrogen-bond acceptors (Lipinski definition) is 3. The van der Waals surface area contributed by atoms with E-state index < -0.39 is 11.9 Å². The first kappa shape index (κ1) is 14.8. The second-order valence-electron chi connectivity index (χ2n) is 3.42. The highest BCUT2D eigenvalue weighted by Gasteiger charge is 2.17. The molecule has 6 nitrogen and oxygen atoms in total. The van der Waals surface area contributed by atoms with Gasteiger partial charge >= 0.3 is 0 Å². The quantitative estimate of drug-likeness (QED) is 0.362. The molecular formula is C10H11BrClN5O. The lowest BCUT2D eigenvalue weighted by Crippen LogP contribution is -2.34. The molecule has 1 atom stereocenters. The first-order valence-corrected chi connectivity index (χ1v) is 6.22. The molecule has 1 rings (SSSR count). The van der Waals surface area contributed by atoms with E-state index in [2.05, 4.69) is 31.3 Å². The molecule has 1 unspecified atom stereocenters. The van der Waals surface area contributed by atoms with Gasteiger partial charge in [0, 0.05) is 22.5 Å². The minimum atomic E-state index is -0.663. The van der Waals surface area contributed by atoms with Crippen LogP contribution in [0, 0.1) is 0 Å². The summed E-state index contributed by atoms with van der Waals surface area (Å²) < 4.78 is 0.741. The van der Waals surface area contributed by atoms with Gasteiger partial charge in [-0.3, -0.25) is 4.79 Å². The molecule has 0 aromatic heterocycles. The number of carbonyl (C=O) groups excluding carboxylic acids is 1. The number of amides is 1. The molecule has 0 aliphatic rings. The van der Waals surface area contributed by atoms with Gasteiger partial charge in [-0.05, 0) is 39.2 Å². The van der Waals surface area contributed by atoms with Gasteiger partial charge in [-0.25, -0.2) is 0 Å². The third kappa shape index (κ3) is 4.19. The Kier molecular flexibility index (Phi) is 5.94. The van der Waals surface area contributed by atoms with Gasteiger partial charge in [-0.2, -0.15) is 0 Å². The summed E-state index contributed by atoms with van der Waals surface area (Å²) >= 11 is 9.22. The van der Waals surface area contributed by atoms with E-state index in [1.807, 2.05) is 0 Å². The zero-order valence-corrected chi connectivity index (χ0v) is 11.6. The van der Waals surface area contributed by atoms with Crippen molar-refractivity contribution in [3.8, 4) is 0 Å². The average molecular weight is 333 g/mol. The van der Waals surface area contributed by atoms with Crippen LogP contribution in [0.25, 0.3) is 10.4 Å². The van der Waals surface area contributed by atoms with Gasteiger partial charge in [0.15, 0.2) is 0 Å². The molecule has 0 aliphatic heterocycles. The summed E-state index contributed by atoms with van der Waals surface area (Å²) in [6, 6.07) is 4.47. The van der Waals surface area contributed by atoms with Gasteiger partial charge in [0.1, 0.15) is 6.04 Å². The van der Waals surface area contributed by atoms with E-state index in [0.29, 0.717) is 17.1 Å². The van der Waals surface area contributed by atoms with Gasteiger partial charge in [-0.15, -0.1) is 0 Å². The highest BCUT2D eigenvalue weighted by Crippen LogP contribution is 2.25. The van der Waals surface area contributed by atoms with E-state index in [1.165, 1.54) is 0 Å². The van der Waals surface area contributed by atoms with Crippen molar-refractivity contribution in [1.29, 1.82) is 0 Å². The van der Waals surface area contributed by atoms with Crippen LogP contribution in [0.5, 0.6) is 0 Å². The third-order valence-corrected chi connectivity index (χ3v) is 3.42. The maximum Gasteiger partial charge on any atom is 0.239 e. The van der Waals surface area contributed by atoms with E-state index in [0.717, 1.165) is 4.47 Å². The van der Waals surface area contributed by atoms with Gasteiger partial charge < -0.3 is 11.1 Å². The molecule has 0 saturated heterocycles. The van der Waals surface area contributed by atoms with Gasteiger partial charge in [0.2, 0.25) is 5.91 Å². The van der Waals surface area contributed by atoms with Crippen molar-refractivity contribution in [1.82, 2.24) is 5.32 Å². The summed E-state index contributed by atoms with van der Waals surface area (Å²) in [5.74, 6) is -0.519. The average Bonchev–Trinajstić information content (AvgIpc) is 2.32. The third-order valence-electron chi connectivity index (χ3n) is 2.19. The standard InChI is InChI=1S/C10H11BrClN5O/c11-7-2-1-6(5-8(7)12)9(10(13)18)15-3-4-16-17-14/h1-2,5,9,15H,3-4H2,(H2,13,18). The number of nitrogens with two attached hydrogens (primary N) is 1.